The molecular weight excluding hydrogens is 366 g/mol. The number of hydrogen-bond donors (Lipinski definition) is 0. The molecule has 0 heterocycles. The van der Waals surface area contributed by atoms with Crippen LogP contribution in [0.5, 0.6) is 17.2 Å². The highest BCUT2D eigenvalue weighted by Crippen LogP contribution is 2.35. The molecule has 6 nitrogen and oxygen atoms in total. The molecule has 0 aliphatic heterocycles. The average Bonchev–Trinajstić information content (AvgIpc) is 2.68. The SMILES string of the molecule is CCOc1ccc(S(=O)(=O)N(C)C(C)c2ccccc2OC)cc1OCC. The Morgan fingerprint density at radius 3 is 2.22 bits per heavy atom. The summed E-state index contributed by atoms with van der Waals surface area (Å²) in [5, 5.41) is 0. The van der Waals surface area contributed by atoms with E-state index in [0.29, 0.717) is 30.5 Å². The van der Waals surface area contributed by atoms with Crippen molar-refractivity contribution in [3.05, 3.63) is 48.0 Å². The first kappa shape index (κ1) is 21.1. The lowest BCUT2D eigenvalue weighted by molar-refractivity contribution is 0.287. The number of sulfonamides is 1. The number of hydrogen-bond acceptors (Lipinski definition) is 5. The molecule has 1 atom stereocenters. The van der Waals surface area contributed by atoms with Gasteiger partial charge in [-0.25, -0.2) is 8.42 Å². The molecule has 2 aromatic carbocycles. The predicted octanol–water partition coefficient (Wildman–Crippen LogP) is 3.87. The molecule has 7 heteroatoms. The summed E-state index contributed by atoms with van der Waals surface area (Å²) < 4.78 is 44.1. The Bertz CT molecular complexity index is 866. The van der Waals surface area contributed by atoms with Crippen molar-refractivity contribution in [1.29, 1.82) is 0 Å². The monoisotopic (exact) mass is 393 g/mol. The van der Waals surface area contributed by atoms with Crippen LogP contribution in [0.2, 0.25) is 0 Å². The minimum atomic E-state index is -3.74. The molecule has 0 N–H and O–H groups in total. The Hall–Kier alpha value is -2.25. The van der Waals surface area contributed by atoms with Gasteiger partial charge in [0.2, 0.25) is 10.0 Å². The zero-order valence-corrected chi connectivity index (χ0v) is 17.2. The fraction of sp³-hybridized carbons (Fsp3) is 0.400. The number of benzene rings is 2. The molecule has 0 saturated carbocycles. The zero-order chi connectivity index (χ0) is 20.0. The van der Waals surface area contributed by atoms with Crippen LogP contribution in [0.4, 0.5) is 0 Å². The van der Waals surface area contributed by atoms with Gasteiger partial charge in [0.05, 0.1) is 31.3 Å². The molecular formula is C20H27NO5S. The highest BCUT2D eigenvalue weighted by atomic mass is 32.2. The van der Waals surface area contributed by atoms with Crippen molar-refractivity contribution >= 4 is 10.0 Å². The van der Waals surface area contributed by atoms with Crippen LogP contribution in [-0.2, 0) is 10.0 Å². The van der Waals surface area contributed by atoms with Gasteiger partial charge in [-0.1, -0.05) is 18.2 Å². The molecule has 2 rings (SSSR count). The summed E-state index contributed by atoms with van der Waals surface area (Å²) in [7, 11) is -0.613. The third-order valence-electron chi connectivity index (χ3n) is 4.33. The van der Waals surface area contributed by atoms with E-state index >= 15 is 0 Å². The predicted molar refractivity (Wildman–Crippen MR) is 105 cm³/mol. The third-order valence-corrected chi connectivity index (χ3v) is 6.25. The topological polar surface area (TPSA) is 65.1 Å². The van der Waals surface area contributed by atoms with Crippen molar-refractivity contribution in [2.24, 2.45) is 0 Å². The van der Waals surface area contributed by atoms with Crippen LogP contribution < -0.4 is 14.2 Å². The van der Waals surface area contributed by atoms with Crippen LogP contribution in [0.1, 0.15) is 32.4 Å². The Morgan fingerprint density at radius 1 is 0.963 bits per heavy atom. The first-order valence-corrected chi connectivity index (χ1v) is 10.3. The summed E-state index contributed by atoms with van der Waals surface area (Å²) in [5.41, 5.74) is 0.794. The fourth-order valence-corrected chi connectivity index (χ4v) is 4.13. The summed E-state index contributed by atoms with van der Waals surface area (Å²) >= 11 is 0. The van der Waals surface area contributed by atoms with Gasteiger partial charge < -0.3 is 14.2 Å². The second-order valence-electron chi connectivity index (χ2n) is 5.91. The molecule has 0 fully saturated rings. The van der Waals surface area contributed by atoms with Gasteiger partial charge in [0.15, 0.2) is 11.5 Å². The Labute approximate surface area is 161 Å². The molecule has 1 unspecified atom stereocenters. The molecule has 148 valence electrons. The first-order chi connectivity index (χ1) is 12.9. The van der Waals surface area contributed by atoms with E-state index in [9.17, 15) is 8.42 Å². The summed E-state index contributed by atoms with van der Waals surface area (Å²) in [6.07, 6.45) is 0. The van der Waals surface area contributed by atoms with Crippen molar-refractivity contribution in [2.45, 2.75) is 31.7 Å². The molecule has 0 bridgehead atoms. The number of methoxy groups -OCH3 is 1. The molecule has 0 radical (unpaired) electrons. The number of ether oxygens (including phenoxy) is 3. The van der Waals surface area contributed by atoms with Crippen LogP contribution in [0.15, 0.2) is 47.4 Å². The molecule has 0 aliphatic rings. The van der Waals surface area contributed by atoms with Crippen LogP contribution >= 0.6 is 0 Å². The van der Waals surface area contributed by atoms with Gasteiger partial charge in [-0.3, -0.25) is 0 Å². The number of nitrogens with zero attached hydrogens (tertiary/aromatic N) is 1. The Kier molecular flexibility index (Phi) is 7.10. The van der Waals surface area contributed by atoms with E-state index in [1.54, 1.807) is 20.2 Å². The maximum atomic E-state index is 13.2. The number of rotatable bonds is 9. The smallest absolute Gasteiger partial charge is 0.243 e. The molecule has 0 amide bonds. The summed E-state index contributed by atoms with van der Waals surface area (Å²) in [6, 6.07) is 11.7. The van der Waals surface area contributed by atoms with Crippen molar-refractivity contribution < 1.29 is 22.6 Å². The molecule has 0 aliphatic carbocycles. The third kappa shape index (κ3) is 4.54. The fourth-order valence-electron chi connectivity index (χ4n) is 2.77. The first-order valence-electron chi connectivity index (χ1n) is 8.87. The van der Waals surface area contributed by atoms with Gasteiger partial charge in [0.25, 0.3) is 0 Å². The van der Waals surface area contributed by atoms with Crippen LogP contribution in [0, 0.1) is 0 Å². The summed E-state index contributed by atoms with van der Waals surface area (Å²) in [4.78, 5) is 0.152. The molecule has 0 spiro atoms. The maximum Gasteiger partial charge on any atom is 0.243 e. The molecule has 2 aromatic rings. The van der Waals surface area contributed by atoms with Crippen LogP contribution in [-0.4, -0.2) is 40.1 Å². The second kappa shape index (κ2) is 9.10. The van der Waals surface area contributed by atoms with Crippen molar-refractivity contribution in [3.8, 4) is 17.2 Å². The van der Waals surface area contributed by atoms with E-state index in [4.69, 9.17) is 14.2 Å². The van der Waals surface area contributed by atoms with E-state index in [2.05, 4.69) is 0 Å². The maximum absolute atomic E-state index is 13.2. The minimum absolute atomic E-state index is 0.152. The second-order valence-corrected chi connectivity index (χ2v) is 7.91. The van der Waals surface area contributed by atoms with Gasteiger partial charge in [-0.2, -0.15) is 4.31 Å². The van der Waals surface area contributed by atoms with Gasteiger partial charge in [-0.05, 0) is 39.0 Å². The summed E-state index contributed by atoms with van der Waals surface area (Å²) in [5.74, 6) is 1.59. The average molecular weight is 394 g/mol. The van der Waals surface area contributed by atoms with Gasteiger partial charge >= 0.3 is 0 Å². The lowest BCUT2D eigenvalue weighted by Gasteiger charge is -2.26. The highest BCUT2D eigenvalue weighted by Gasteiger charge is 2.28. The van der Waals surface area contributed by atoms with Gasteiger partial charge in [0.1, 0.15) is 5.75 Å². The molecule has 0 saturated heterocycles. The van der Waals surface area contributed by atoms with E-state index in [1.165, 1.54) is 16.4 Å². The molecule has 27 heavy (non-hydrogen) atoms. The number of para-hydroxylation sites is 1. The Balaban J connectivity index is 2.40. The van der Waals surface area contributed by atoms with Crippen LogP contribution in [0.3, 0.4) is 0 Å². The Morgan fingerprint density at radius 2 is 1.59 bits per heavy atom. The lowest BCUT2D eigenvalue weighted by Crippen LogP contribution is -2.30. The lowest BCUT2D eigenvalue weighted by atomic mass is 10.1. The van der Waals surface area contributed by atoms with Crippen molar-refractivity contribution in [2.75, 3.05) is 27.4 Å². The highest BCUT2D eigenvalue weighted by molar-refractivity contribution is 7.89. The summed E-state index contributed by atoms with van der Waals surface area (Å²) in [6.45, 7) is 6.41. The van der Waals surface area contributed by atoms with Crippen LogP contribution in [0.25, 0.3) is 0 Å². The van der Waals surface area contributed by atoms with Crippen molar-refractivity contribution in [3.63, 3.8) is 0 Å². The quantitative estimate of drug-likeness (QED) is 0.647. The standard InChI is InChI=1S/C20H27NO5S/c1-6-25-19-13-12-16(14-20(19)26-7-2)27(22,23)21(4)15(3)17-10-8-9-11-18(17)24-5/h8-15H,6-7H2,1-5H3. The largest absolute Gasteiger partial charge is 0.496 e. The van der Waals surface area contributed by atoms with E-state index in [1.807, 2.05) is 45.0 Å². The van der Waals surface area contributed by atoms with E-state index in [-0.39, 0.29) is 4.90 Å². The van der Waals surface area contributed by atoms with E-state index < -0.39 is 16.1 Å². The van der Waals surface area contributed by atoms with Gasteiger partial charge in [0, 0.05) is 18.7 Å². The van der Waals surface area contributed by atoms with Crippen molar-refractivity contribution in [1.82, 2.24) is 4.31 Å². The normalized spacial score (nSPS) is 12.7. The minimum Gasteiger partial charge on any atom is -0.496 e. The van der Waals surface area contributed by atoms with Gasteiger partial charge in [-0.15, -0.1) is 0 Å². The molecule has 0 aromatic heterocycles. The van der Waals surface area contributed by atoms with E-state index in [0.717, 1.165) is 5.56 Å². The zero-order valence-electron chi connectivity index (χ0n) is 16.4.